The lowest BCUT2D eigenvalue weighted by Crippen LogP contribution is -2.62. The largest absolute Gasteiger partial charge is 0.451 e. The standard InChI is InChI=1S/C56H97N15O14/c1-7-32(4)13-11-12-16-44(74)63-36(17-23-57)50(78)71-46(34(6)73)55(83)67-38(19-25-59)47(75)65-40-22-28-62-54(82)45(33(5)72)70-51(79)39(20-26-60)66-53(81)43(21-27-61)85-56(84)42(29-31(2)3)69-52(80)41(30-35-14-9-8-10-15-35)68-48(76)37(18-24-58)64-49(40)77/h8-10,14-15,31-34,36-43,45-46,72-73H,7,11-13,16-30,57-61H2,1-6H3,(H,62,82)(H,63,74)(H,64,77)(H,65,75)(H,66,81)(H,67,83)(H,68,76)(H,69,80)(H,70,79)(H,71,78). The molecule has 0 saturated carbocycles. The molecule has 10 amide bonds. The Morgan fingerprint density at radius 2 is 1.16 bits per heavy atom. The SMILES string of the molecule is CCC(C)CCCCC(=O)NC(CCN)C(=O)NC(C(=O)NC(CCN)C(=O)NC1CCNC(=O)C(C(C)O)NC(=O)C(CCN)NC(=O)C(CCN)OC(=O)C(CC(C)C)NC(=O)C(Cc2ccccc2)NC(=O)C(CCN)NC1=O)C(C)O. The molecule has 1 aliphatic rings. The highest BCUT2D eigenvalue weighted by atomic mass is 16.5. The molecule has 1 aromatic rings. The predicted molar refractivity (Wildman–Crippen MR) is 314 cm³/mol. The van der Waals surface area contributed by atoms with E-state index in [2.05, 4.69) is 67.0 Å². The second-order valence-electron chi connectivity index (χ2n) is 21.9. The van der Waals surface area contributed by atoms with Crippen LogP contribution in [0, 0.1) is 11.8 Å². The number of benzene rings is 1. The fourth-order valence-electron chi connectivity index (χ4n) is 9.00. The summed E-state index contributed by atoms with van der Waals surface area (Å²) in [5, 5.41) is 46.8. The Morgan fingerprint density at radius 3 is 1.72 bits per heavy atom. The van der Waals surface area contributed by atoms with Gasteiger partial charge in [0.25, 0.3) is 5.91 Å². The van der Waals surface area contributed by atoms with Gasteiger partial charge < -0.3 is 96.8 Å². The van der Waals surface area contributed by atoms with Gasteiger partial charge in [0, 0.05) is 25.8 Å². The quantitative estimate of drug-likeness (QED) is 0.0264. The van der Waals surface area contributed by atoms with Crippen molar-refractivity contribution in [3.05, 3.63) is 35.9 Å². The molecule has 29 nitrogen and oxygen atoms in total. The molecule has 22 N–H and O–H groups in total. The maximum absolute atomic E-state index is 14.5. The van der Waals surface area contributed by atoms with E-state index < -0.39 is 151 Å². The van der Waals surface area contributed by atoms with Crippen LogP contribution < -0.4 is 81.8 Å². The van der Waals surface area contributed by atoms with E-state index in [1.54, 1.807) is 44.2 Å². The van der Waals surface area contributed by atoms with Gasteiger partial charge in [0.2, 0.25) is 53.2 Å². The molecule has 1 aliphatic heterocycles. The van der Waals surface area contributed by atoms with Gasteiger partial charge in [-0.1, -0.05) is 77.3 Å². The molecule has 0 bridgehead atoms. The van der Waals surface area contributed by atoms with Gasteiger partial charge in [-0.2, -0.15) is 0 Å². The molecule has 0 aliphatic carbocycles. The normalized spacial score (nSPS) is 22.9. The summed E-state index contributed by atoms with van der Waals surface area (Å²) in [6.45, 7) is 8.83. The van der Waals surface area contributed by atoms with Crippen LogP contribution in [-0.4, -0.2) is 187 Å². The van der Waals surface area contributed by atoms with Crippen LogP contribution in [0.1, 0.15) is 124 Å². The minimum Gasteiger partial charge on any atom is -0.451 e. The zero-order valence-electron chi connectivity index (χ0n) is 50.1. The topological polar surface area (TPSA) is 488 Å². The smallest absolute Gasteiger partial charge is 0.329 e. The summed E-state index contributed by atoms with van der Waals surface area (Å²) in [6, 6.07) is -5.16. The number of hydrogen-bond acceptors (Lipinski definition) is 19. The highest BCUT2D eigenvalue weighted by Gasteiger charge is 2.38. The number of carbonyl (C=O) groups excluding carboxylic acids is 11. The number of aliphatic hydroxyl groups is 2. The fourth-order valence-corrected chi connectivity index (χ4v) is 9.00. The molecule has 2 rings (SSSR count). The molecule has 0 aromatic heterocycles. The van der Waals surface area contributed by atoms with Gasteiger partial charge in [-0.25, -0.2) is 4.79 Å². The third-order valence-corrected chi connectivity index (χ3v) is 14.1. The van der Waals surface area contributed by atoms with Crippen molar-refractivity contribution >= 4 is 65.0 Å². The first-order valence-corrected chi connectivity index (χ1v) is 29.5. The minimum atomic E-state index is -1.70. The van der Waals surface area contributed by atoms with Gasteiger partial charge in [-0.3, -0.25) is 47.9 Å². The average Bonchev–Trinajstić information content (AvgIpc) is 3.67. The molecule has 0 spiro atoms. The predicted octanol–water partition coefficient (Wildman–Crippen LogP) is -4.82. The van der Waals surface area contributed by atoms with E-state index in [-0.39, 0.29) is 90.0 Å². The molecule has 85 heavy (non-hydrogen) atoms. The van der Waals surface area contributed by atoms with Crippen molar-refractivity contribution in [3.8, 4) is 0 Å². The van der Waals surface area contributed by atoms with E-state index in [0.717, 1.165) is 19.3 Å². The Labute approximate surface area is 497 Å². The number of unbranched alkanes of at least 4 members (excludes halogenated alkanes) is 1. The highest BCUT2D eigenvalue weighted by molar-refractivity contribution is 5.98. The van der Waals surface area contributed by atoms with Crippen molar-refractivity contribution in [2.45, 2.75) is 198 Å². The van der Waals surface area contributed by atoms with Crippen molar-refractivity contribution in [1.82, 2.24) is 53.2 Å². The second kappa shape index (κ2) is 39.7. The maximum atomic E-state index is 14.5. The van der Waals surface area contributed by atoms with E-state index in [1.165, 1.54) is 13.8 Å². The van der Waals surface area contributed by atoms with Gasteiger partial charge in [0.1, 0.15) is 54.4 Å². The fraction of sp³-hybridized carbons (Fsp3) is 0.696. The summed E-state index contributed by atoms with van der Waals surface area (Å²) in [7, 11) is 0. The molecule has 1 fully saturated rings. The highest BCUT2D eigenvalue weighted by Crippen LogP contribution is 2.15. The number of ether oxygens (including phenoxy) is 1. The Hall–Kier alpha value is -6.89. The van der Waals surface area contributed by atoms with Crippen LogP contribution in [0.5, 0.6) is 0 Å². The number of esters is 1. The summed E-state index contributed by atoms with van der Waals surface area (Å²) >= 11 is 0. The molecule has 480 valence electrons. The number of cyclic esters (lactones) is 1. The van der Waals surface area contributed by atoms with E-state index >= 15 is 0 Å². The average molecular weight is 1200 g/mol. The van der Waals surface area contributed by atoms with Gasteiger partial charge in [0.15, 0.2) is 6.10 Å². The Balaban J connectivity index is 2.67. The monoisotopic (exact) mass is 1200 g/mol. The zero-order chi connectivity index (χ0) is 63.8. The van der Waals surface area contributed by atoms with Gasteiger partial charge in [-0.15, -0.1) is 0 Å². The van der Waals surface area contributed by atoms with E-state index in [0.29, 0.717) is 17.9 Å². The van der Waals surface area contributed by atoms with E-state index in [1.807, 2.05) is 0 Å². The first-order valence-electron chi connectivity index (χ1n) is 29.5. The van der Waals surface area contributed by atoms with Crippen LogP contribution in [0.15, 0.2) is 30.3 Å². The Bertz CT molecular complexity index is 2320. The number of carbonyl (C=O) groups is 11. The molecule has 0 radical (unpaired) electrons. The molecule has 1 aromatic carbocycles. The molecule has 1 saturated heterocycles. The van der Waals surface area contributed by atoms with Crippen LogP contribution in [0.4, 0.5) is 0 Å². The number of nitrogens with two attached hydrogens (primary N) is 5. The summed E-state index contributed by atoms with van der Waals surface area (Å²) < 4.78 is 5.67. The molecular formula is C56H97N15O14. The van der Waals surface area contributed by atoms with Crippen molar-refractivity contribution in [2.75, 3.05) is 39.3 Å². The van der Waals surface area contributed by atoms with Crippen LogP contribution in [0.25, 0.3) is 0 Å². The zero-order valence-corrected chi connectivity index (χ0v) is 50.1. The number of aliphatic hydroxyl groups excluding tert-OH is 2. The second-order valence-corrected chi connectivity index (χ2v) is 21.9. The molecule has 29 heteroatoms. The van der Waals surface area contributed by atoms with Gasteiger partial charge in [0.05, 0.1) is 12.2 Å². The van der Waals surface area contributed by atoms with Crippen molar-refractivity contribution in [3.63, 3.8) is 0 Å². The lowest BCUT2D eigenvalue weighted by atomic mass is 10.0. The first-order chi connectivity index (χ1) is 40.3. The van der Waals surface area contributed by atoms with Crippen molar-refractivity contribution < 1.29 is 67.7 Å². The summed E-state index contributed by atoms with van der Waals surface area (Å²) in [4.78, 5) is 154. The van der Waals surface area contributed by atoms with Gasteiger partial charge in [-0.05, 0) is 109 Å². The third-order valence-electron chi connectivity index (χ3n) is 14.1. The van der Waals surface area contributed by atoms with Crippen LogP contribution in [0.2, 0.25) is 0 Å². The Kier molecular flexibility index (Phi) is 34.6. The number of hydrogen-bond donors (Lipinski definition) is 17. The van der Waals surface area contributed by atoms with Crippen molar-refractivity contribution in [2.24, 2.45) is 40.5 Å². The van der Waals surface area contributed by atoms with Crippen molar-refractivity contribution in [1.29, 1.82) is 0 Å². The number of nitrogens with one attached hydrogen (secondary N) is 10. The van der Waals surface area contributed by atoms with Crippen LogP contribution >= 0.6 is 0 Å². The molecular weight excluding hydrogens is 1110 g/mol. The molecule has 13 atom stereocenters. The summed E-state index contributed by atoms with van der Waals surface area (Å²) in [5.41, 5.74) is 29.8. The van der Waals surface area contributed by atoms with E-state index in [9.17, 15) is 63.0 Å². The van der Waals surface area contributed by atoms with Gasteiger partial charge >= 0.3 is 5.97 Å². The number of rotatable bonds is 29. The lowest BCUT2D eigenvalue weighted by molar-refractivity contribution is -0.160. The number of amides is 10. The first kappa shape index (κ1) is 74.2. The maximum Gasteiger partial charge on any atom is 0.329 e. The minimum absolute atomic E-state index is 0.0173. The molecule has 1 heterocycles. The Morgan fingerprint density at radius 1 is 0.612 bits per heavy atom. The van der Waals surface area contributed by atoms with Crippen LogP contribution in [0.3, 0.4) is 0 Å². The summed E-state index contributed by atoms with van der Waals surface area (Å²) in [5.74, 6) is -9.97. The van der Waals surface area contributed by atoms with E-state index in [4.69, 9.17) is 33.4 Å². The third kappa shape index (κ3) is 26.9. The molecule has 13 unspecified atom stereocenters. The van der Waals surface area contributed by atoms with Crippen LogP contribution in [-0.2, 0) is 63.9 Å². The summed E-state index contributed by atoms with van der Waals surface area (Å²) in [6.07, 6.45) is -2.92. The lowest BCUT2D eigenvalue weighted by Gasteiger charge is -2.28.